The van der Waals surface area contributed by atoms with E-state index in [2.05, 4.69) is 5.32 Å². The van der Waals surface area contributed by atoms with Crippen molar-refractivity contribution in [2.45, 2.75) is 20.8 Å². The maximum Gasteiger partial charge on any atom is 0.334 e. The molecule has 0 saturated carbocycles. The number of hydrogen-bond donors (Lipinski definition) is 1. The Hall–Kier alpha value is -2.12. The van der Waals surface area contributed by atoms with Crippen LogP contribution in [0.4, 0.5) is 10.5 Å². The summed E-state index contributed by atoms with van der Waals surface area (Å²) in [5, 5.41) is 2.96. The Bertz CT molecular complexity index is 764. The lowest BCUT2D eigenvalue weighted by Crippen LogP contribution is -2.39. The Labute approximate surface area is 154 Å². The van der Waals surface area contributed by atoms with E-state index in [9.17, 15) is 19.2 Å². The number of anilines is 1. The highest BCUT2D eigenvalue weighted by molar-refractivity contribution is 6.45. The van der Waals surface area contributed by atoms with Gasteiger partial charge in [0.1, 0.15) is 6.54 Å². The summed E-state index contributed by atoms with van der Waals surface area (Å²) in [5.41, 5.74) is 0.894. The van der Waals surface area contributed by atoms with E-state index in [4.69, 9.17) is 23.2 Å². The van der Waals surface area contributed by atoms with E-state index in [1.807, 2.05) is 13.8 Å². The molecule has 25 heavy (non-hydrogen) atoms. The number of urea groups is 1. The van der Waals surface area contributed by atoms with E-state index in [0.717, 1.165) is 4.90 Å². The summed E-state index contributed by atoms with van der Waals surface area (Å²) in [6, 6.07) is 2.45. The van der Waals surface area contributed by atoms with Crippen LogP contribution in [0.1, 0.15) is 19.4 Å². The van der Waals surface area contributed by atoms with Gasteiger partial charge in [-0.3, -0.25) is 19.3 Å². The number of aryl methyl sites for hydroxylation is 1. The minimum absolute atomic E-state index is 0.000571. The molecule has 0 atom stereocenters. The number of benzene rings is 1. The first kappa shape index (κ1) is 19.2. The zero-order chi connectivity index (χ0) is 18.9. The second kappa shape index (κ2) is 7.41. The maximum absolute atomic E-state index is 12.2. The fourth-order valence-corrected chi connectivity index (χ4v) is 2.77. The molecule has 1 heterocycles. The summed E-state index contributed by atoms with van der Waals surface area (Å²) in [7, 11) is 0. The predicted molar refractivity (Wildman–Crippen MR) is 93.5 cm³/mol. The summed E-state index contributed by atoms with van der Waals surface area (Å²) < 4.78 is 0. The molecule has 1 aromatic carbocycles. The molecule has 1 aromatic rings. The summed E-state index contributed by atoms with van der Waals surface area (Å²) in [6.45, 7) is 4.87. The van der Waals surface area contributed by atoms with Crippen molar-refractivity contribution in [3.63, 3.8) is 0 Å². The van der Waals surface area contributed by atoms with Crippen molar-refractivity contribution < 1.29 is 19.2 Å². The van der Waals surface area contributed by atoms with Crippen LogP contribution in [0.15, 0.2) is 12.1 Å². The van der Waals surface area contributed by atoms with Crippen LogP contribution in [-0.4, -0.2) is 46.6 Å². The number of hydrogen-bond acceptors (Lipinski definition) is 4. The third-order valence-corrected chi connectivity index (χ3v) is 4.34. The van der Waals surface area contributed by atoms with Gasteiger partial charge in [0.25, 0.3) is 0 Å². The van der Waals surface area contributed by atoms with Crippen LogP contribution in [0.25, 0.3) is 0 Å². The van der Waals surface area contributed by atoms with Crippen LogP contribution in [0.5, 0.6) is 0 Å². The van der Waals surface area contributed by atoms with Gasteiger partial charge < -0.3 is 5.32 Å². The number of rotatable bonds is 5. The van der Waals surface area contributed by atoms with E-state index in [1.165, 1.54) is 0 Å². The SMILES string of the molecule is Cc1ccc(Cl)c(NC(=O)CN2C(=O)C(=O)N(CC(C)C)C2=O)c1Cl. The molecular weight excluding hydrogens is 369 g/mol. The number of imide groups is 2. The monoisotopic (exact) mass is 385 g/mol. The molecule has 0 radical (unpaired) electrons. The fourth-order valence-electron chi connectivity index (χ4n) is 2.31. The number of amides is 5. The Morgan fingerprint density at radius 3 is 2.32 bits per heavy atom. The normalized spacial score (nSPS) is 14.7. The lowest BCUT2D eigenvalue weighted by Gasteiger charge is -2.17. The molecule has 7 nitrogen and oxygen atoms in total. The Morgan fingerprint density at radius 1 is 1.12 bits per heavy atom. The quantitative estimate of drug-likeness (QED) is 0.623. The van der Waals surface area contributed by atoms with Gasteiger partial charge in [-0.05, 0) is 24.5 Å². The molecule has 0 bridgehead atoms. The van der Waals surface area contributed by atoms with E-state index >= 15 is 0 Å². The van der Waals surface area contributed by atoms with Gasteiger partial charge in [0, 0.05) is 6.54 Å². The summed E-state index contributed by atoms with van der Waals surface area (Å²) in [4.78, 5) is 49.7. The smallest absolute Gasteiger partial charge is 0.322 e. The zero-order valence-corrected chi connectivity index (χ0v) is 15.4. The van der Waals surface area contributed by atoms with Gasteiger partial charge in [-0.25, -0.2) is 9.69 Å². The highest BCUT2D eigenvalue weighted by Crippen LogP contribution is 2.32. The van der Waals surface area contributed by atoms with Crippen molar-refractivity contribution in [1.82, 2.24) is 9.80 Å². The molecule has 1 saturated heterocycles. The van der Waals surface area contributed by atoms with Gasteiger partial charge >= 0.3 is 17.8 Å². The highest BCUT2D eigenvalue weighted by atomic mass is 35.5. The van der Waals surface area contributed by atoms with Crippen molar-refractivity contribution in [2.75, 3.05) is 18.4 Å². The number of nitrogens with one attached hydrogen (secondary N) is 1. The Kier molecular flexibility index (Phi) is 5.69. The predicted octanol–water partition coefficient (Wildman–Crippen LogP) is 2.69. The van der Waals surface area contributed by atoms with E-state index < -0.39 is 30.3 Å². The van der Waals surface area contributed by atoms with Crippen LogP contribution >= 0.6 is 23.2 Å². The van der Waals surface area contributed by atoms with Crippen LogP contribution in [-0.2, 0) is 14.4 Å². The minimum atomic E-state index is -1.03. The van der Waals surface area contributed by atoms with Crippen LogP contribution in [0, 0.1) is 12.8 Å². The van der Waals surface area contributed by atoms with Crippen molar-refractivity contribution in [3.05, 3.63) is 27.7 Å². The second-order valence-electron chi connectivity index (χ2n) is 6.08. The van der Waals surface area contributed by atoms with Gasteiger partial charge in [-0.15, -0.1) is 0 Å². The third-order valence-electron chi connectivity index (χ3n) is 3.53. The number of nitrogens with zero attached hydrogens (tertiary/aromatic N) is 2. The van der Waals surface area contributed by atoms with E-state index in [1.54, 1.807) is 19.1 Å². The lowest BCUT2D eigenvalue weighted by atomic mass is 10.2. The van der Waals surface area contributed by atoms with Crippen molar-refractivity contribution in [1.29, 1.82) is 0 Å². The number of halogens is 2. The molecular formula is C16H17Cl2N3O4. The Balaban J connectivity index is 2.13. The van der Waals surface area contributed by atoms with Crippen LogP contribution in [0.2, 0.25) is 10.0 Å². The molecule has 0 aliphatic carbocycles. The lowest BCUT2D eigenvalue weighted by molar-refractivity contribution is -0.143. The second-order valence-corrected chi connectivity index (χ2v) is 6.87. The number of carbonyl (C=O) groups excluding carboxylic acids is 4. The molecule has 2 rings (SSSR count). The molecule has 1 fully saturated rings. The van der Waals surface area contributed by atoms with Crippen molar-refractivity contribution in [2.24, 2.45) is 5.92 Å². The molecule has 9 heteroatoms. The molecule has 1 aliphatic rings. The minimum Gasteiger partial charge on any atom is -0.322 e. The molecule has 0 aromatic heterocycles. The Morgan fingerprint density at radius 2 is 1.72 bits per heavy atom. The van der Waals surface area contributed by atoms with Gasteiger partial charge in [-0.1, -0.05) is 43.1 Å². The first-order valence-corrected chi connectivity index (χ1v) is 8.30. The summed E-state index contributed by atoms with van der Waals surface area (Å²) in [6.07, 6.45) is 0. The first-order chi connectivity index (χ1) is 11.6. The van der Waals surface area contributed by atoms with Crippen molar-refractivity contribution >= 4 is 52.6 Å². The topological polar surface area (TPSA) is 86.8 Å². The average Bonchev–Trinajstić information content (AvgIpc) is 2.73. The first-order valence-electron chi connectivity index (χ1n) is 7.55. The summed E-state index contributed by atoms with van der Waals surface area (Å²) >= 11 is 12.1. The maximum atomic E-state index is 12.2. The standard InChI is InChI=1S/C16H17Cl2N3O4/c1-8(2)6-20-14(23)15(24)21(16(20)25)7-11(22)19-13-10(17)5-4-9(3)12(13)18/h4-5,8H,6-7H2,1-3H3,(H,19,22). The van der Waals surface area contributed by atoms with Crippen LogP contribution < -0.4 is 5.32 Å². The van der Waals surface area contributed by atoms with E-state index in [-0.39, 0.29) is 28.2 Å². The average molecular weight is 386 g/mol. The molecule has 0 unspecified atom stereocenters. The molecule has 134 valence electrons. The number of carbonyl (C=O) groups is 4. The van der Waals surface area contributed by atoms with Gasteiger partial charge in [0.15, 0.2) is 0 Å². The van der Waals surface area contributed by atoms with Crippen molar-refractivity contribution in [3.8, 4) is 0 Å². The molecule has 0 spiro atoms. The molecule has 1 aliphatic heterocycles. The largest absolute Gasteiger partial charge is 0.334 e. The highest BCUT2D eigenvalue weighted by Gasteiger charge is 2.45. The summed E-state index contributed by atoms with van der Waals surface area (Å²) in [5.74, 6) is -2.64. The van der Waals surface area contributed by atoms with E-state index in [0.29, 0.717) is 10.5 Å². The zero-order valence-electron chi connectivity index (χ0n) is 13.9. The molecule has 1 N–H and O–H groups in total. The van der Waals surface area contributed by atoms with Gasteiger partial charge in [0.2, 0.25) is 5.91 Å². The fraction of sp³-hybridized carbons (Fsp3) is 0.375. The van der Waals surface area contributed by atoms with Gasteiger partial charge in [0.05, 0.1) is 15.7 Å². The van der Waals surface area contributed by atoms with Crippen LogP contribution in [0.3, 0.4) is 0 Å². The van der Waals surface area contributed by atoms with Gasteiger partial charge in [-0.2, -0.15) is 0 Å². The third kappa shape index (κ3) is 3.93. The molecule has 5 amide bonds.